The molecule has 0 saturated heterocycles. The van der Waals surface area contributed by atoms with Crippen LogP contribution in [0.1, 0.15) is 22.5 Å². The second-order valence-electron chi connectivity index (χ2n) is 6.61. The molecule has 0 aliphatic carbocycles. The van der Waals surface area contributed by atoms with Gasteiger partial charge in [0, 0.05) is 11.8 Å². The van der Waals surface area contributed by atoms with Gasteiger partial charge in [-0.1, -0.05) is 23.8 Å². The number of hydrogen-bond acceptors (Lipinski definition) is 5. The SMILES string of the molecule is Cc1cc(C)c2[nH]c3nc4nnc(Cc5ccc(O)cc5)n4nc3c2c1. The summed E-state index contributed by atoms with van der Waals surface area (Å²) in [5.74, 6) is 1.41. The summed E-state index contributed by atoms with van der Waals surface area (Å²) in [7, 11) is 0. The maximum atomic E-state index is 9.44. The largest absolute Gasteiger partial charge is 0.508 e. The zero-order chi connectivity index (χ0) is 17.8. The van der Waals surface area contributed by atoms with Gasteiger partial charge in [-0.3, -0.25) is 0 Å². The van der Waals surface area contributed by atoms with E-state index in [1.54, 1.807) is 16.6 Å². The van der Waals surface area contributed by atoms with E-state index in [-0.39, 0.29) is 5.75 Å². The van der Waals surface area contributed by atoms with Gasteiger partial charge in [-0.05, 0) is 43.2 Å². The van der Waals surface area contributed by atoms with Crippen molar-refractivity contribution in [1.82, 2.24) is 29.8 Å². The van der Waals surface area contributed by atoms with E-state index >= 15 is 0 Å². The molecule has 0 atom stereocenters. The summed E-state index contributed by atoms with van der Waals surface area (Å²) in [6, 6.07) is 11.3. The van der Waals surface area contributed by atoms with Crippen LogP contribution in [0.3, 0.4) is 0 Å². The van der Waals surface area contributed by atoms with Gasteiger partial charge >= 0.3 is 0 Å². The molecule has 0 aliphatic rings. The predicted octanol–water partition coefficient (Wildman–Crippen LogP) is 3.07. The number of aryl methyl sites for hydroxylation is 2. The van der Waals surface area contributed by atoms with Crippen LogP contribution >= 0.6 is 0 Å². The predicted molar refractivity (Wildman–Crippen MR) is 98.3 cm³/mol. The van der Waals surface area contributed by atoms with Crippen LogP contribution in [0.4, 0.5) is 0 Å². The normalized spacial score (nSPS) is 11.8. The molecule has 3 heterocycles. The first-order valence-corrected chi connectivity index (χ1v) is 8.37. The number of fused-ring (bicyclic) bond motifs is 4. The summed E-state index contributed by atoms with van der Waals surface area (Å²) in [6.07, 6.45) is 0.558. The van der Waals surface area contributed by atoms with Gasteiger partial charge < -0.3 is 10.1 Å². The Morgan fingerprint density at radius 3 is 2.69 bits per heavy atom. The first-order valence-electron chi connectivity index (χ1n) is 8.37. The number of nitrogens with one attached hydrogen (secondary N) is 1. The first kappa shape index (κ1) is 14.8. The van der Waals surface area contributed by atoms with E-state index in [0.29, 0.717) is 23.7 Å². The summed E-state index contributed by atoms with van der Waals surface area (Å²) >= 11 is 0. The monoisotopic (exact) mass is 344 g/mol. The number of aromatic nitrogens is 6. The number of benzene rings is 2. The molecule has 128 valence electrons. The van der Waals surface area contributed by atoms with E-state index in [4.69, 9.17) is 5.10 Å². The number of phenolic OH excluding ortho intramolecular Hbond substituents is 1. The van der Waals surface area contributed by atoms with Gasteiger partial charge in [0.15, 0.2) is 11.5 Å². The molecular weight excluding hydrogens is 328 g/mol. The molecule has 0 amide bonds. The number of aromatic amines is 1. The fourth-order valence-corrected chi connectivity index (χ4v) is 3.39. The third kappa shape index (κ3) is 2.21. The number of nitrogens with zero attached hydrogens (tertiary/aromatic N) is 5. The Morgan fingerprint density at radius 2 is 1.88 bits per heavy atom. The van der Waals surface area contributed by atoms with Gasteiger partial charge in [0.05, 0.1) is 5.52 Å². The molecule has 2 N–H and O–H groups in total. The lowest BCUT2D eigenvalue weighted by Gasteiger charge is -2.01. The molecule has 0 spiro atoms. The van der Waals surface area contributed by atoms with E-state index < -0.39 is 0 Å². The van der Waals surface area contributed by atoms with Crippen molar-refractivity contribution >= 4 is 27.8 Å². The van der Waals surface area contributed by atoms with Gasteiger partial charge in [-0.15, -0.1) is 10.2 Å². The molecule has 0 unspecified atom stereocenters. The molecule has 7 nitrogen and oxygen atoms in total. The van der Waals surface area contributed by atoms with Crippen LogP contribution in [0.25, 0.3) is 27.8 Å². The van der Waals surface area contributed by atoms with Crippen molar-refractivity contribution in [2.24, 2.45) is 0 Å². The Balaban J connectivity index is 1.71. The second kappa shape index (κ2) is 5.26. The second-order valence-corrected chi connectivity index (χ2v) is 6.61. The number of hydrogen-bond donors (Lipinski definition) is 2. The zero-order valence-corrected chi connectivity index (χ0v) is 14.4. The number of phenols is 1. The molecule has 0 bridgehead atoms. The van der Waals surface area contributed by atoms with Crippen LogP contribution in [0.5, 0.6) is 5.75 Å². The van der Waals surface area contributed by atoms with Crippen LogP contribution in [0, 0.1) is 13.8 Å². The standard InChI is InChI=1S/C19H16N6O/c1-10-7-11(2)16-14(8-10)17-18(20-16)21-19-23-22-15(25(19)24-17)9-12-3-5-13(26)6-4-12/h3-8,26H,9H2,1-2H3,(H,20,21,23). The van der Waals surface area contributed by atoms with E-state index in [0.717, 1.165) is 22.0 Å². The highest BCUT2D eigenvalue weighted by molar-refractivity contribution is 6.04. The molecule has 26 heavy (non-hydrogen) atoms. The van der Waals surface area contributed by atoms with Gasteiger partial charge in [0.2, 0.25) is 0 Å². The maximum absolute atomic E-state index is 9.44. The van der Waals surface area contributed by atoms with Crippen LogP contribution < -0.4 is 0 Å². The van der Waals surface area contributed by atoms with Crippen LogP contribution in [-0.2, 0) is 6.42 Å². The molecule has 0 radical (unpaired) electrons. The van der Waals surface area contributed by atoms with Gasteiger partial charge in [-0.2, -0.15) is 14.6 Å². The molecule has 3 aromatic heterocycles. The van der Waals surface area contributed by atoms with Crippen molar-refractivity contribution in [3.8, 4) is 5.75 Å². The average Bonchev–Trinajstić information content (AvgIpc) is 3.17. The van der Waals surface area contributed by atoms with E-state index in [1.807, 2.05) is 12.1 Å². The van der Waals surface area contributed by atoms with Crippen molar-refractivity contribution in [2.45, 2.75) is 20.3 Å². The fourth-order valence-electron chi connectivity index (χ4n) is 3.39. The molecule has 7 heteroatoms. The lowest BCUT2D eigenvalue weighted by molar-refractivity contribution is 0.475. The quantitative estimate of drug-likeness (QED) is 0.513. The molecular formula is C19H16N6O. The molecule has 0 saturated carbocycles. The van der Waals surface area contributed by atoms with E-state index in [9.17, 15) is 5.11 Å². The summed E-state index contributed by atoms with van der Waals surface area (Å²) in [4.78, 5) is 7.94. The minimum absolute atomic E-state index is 0.242. The molecule has 0 fully saturated rings. The van der Waals surface area contributed by atoms with Crippen molar-refractivity contribution < 1.29 is 5.11 Å². The smallest absolute Gasteiger partial charge is 0.273 e. The van der Waals surface area contributed by atoms with Crippen molar-refractivity contribution in [3.05, 3.63) is 58.9 Å². The maximum Gasteiger partial charge on any atom is 0.273 e. The minimum Gasteiger partial charge on any atom is -0.508 e. The average molecular weight is 344 g/mol. The Kier molecular flexibility index (Phi) is 3.00. The molecule has 0 aliphatic heterocycles. The topological polar surface area (TPSA) is 92.0 Å². The summed E-state index contributed by atoms with van der Waals surface area (Å²) in [6.45, 7) is 4.15. The Hall–Kier alpha value is -3.48. The van der Waals surface area contributed by atoms with Crippen LogP contribution in [0.15, 0.2) is 36.4 Å². The lowest BCUT2D eigenvalue weighted by atomic mass is 10.1. The minimum atomic E-state index is 0.242. The van der Waals surface area contributed by atoms with Crippen LogP contribution in [0.2, 0.25) is 0 Å². The Labute approximate surface area is 148 Å². The zero-order valence-electron chi connectivity index (χ0n) is 14.4. The highest BCUT2D eigenvalue weighted by Gasteiger charge is 2.15. The summed E-state index contributed by atoms with van der Waals surface area (Å²) in [5.41, 5.74) is 5.94. The van der Waals surface area contributed by atoms with Crippen molar-refractivity contribution in [3.63, 3.8) is 0 Å². The van der Waals surface area contributed by atoms with Crippen molar-refractivity contribution in [2.75, 3.05) is 0 Å². The van der Waals surface area contributed by atoms with Gasteiger partial charge in [-0.25, -0.2) is 0 Å². The summed E-state index contributed by atoms with van der Waals surface area (Å²) in [5, 5.41) is 23.7. The lowest BCUT2D eigenvalue weighted by Crippen LogP contribution is -2.01. The van der Waals surface area contributed by atoms with E-state index in [1.165, 1.54) is 11.1 Å². The third-order valence-corrected chi connectivity index (χ3v) is 4.60. The first-order chi connectivity index (χ1) is 12.6. The molecule has 2 aromatic carbocycles. The van der Waals surface area contributed by atoms with Crippen LogP contribution in [-0.4, -0.2) is 34.9 Å². The van der Waals surface area contributed by atoms with E-state index in [2.05, 4.69) is 46.1 Å². The third-order valence-electron chi connectivity index (χ3n) is 4.60. The number of rotatable bonds is 2. The molecule has 5 aromatic rings. The number of H-pyrrole nitrogens is 1. The van der Waals surface area contributed by atoms with Crippen molar-refractivity contribution in [1.29, 1.82) is 0 Å². The highest BCUT2D eigenvalue weighted by atomic mass is 16.3. The highest BCUT2D eigenvalue weighted by Crippen LogP contribution is 2.26. The van der Waals surface area contributed by atoms with Gasteiger partial charge in [0.1, 0.15) is 11.3 Å². The Morgan fingerprint density at radius 1 is 1.08 bits per heavy atom. The molecule has 5 rings (SSSR count). The fraction of sp³-hybridized carbons (Fsp3) is 0.158. The Bertz CT molecular complexity index is 1280. The number of aromatic hydroxyl groups is 1. The van der Waals surface area contributed by atoms with Gasteiger partial charge in [0.25, 0.3) is 5.78 Å². The summed E-state index contributed by atoms with van der Waals surface area (Å²) < 4.78 is 1.69.